The number of likely N-dealkylation sites (N-methyl/N-ethyl adjacent to an activating group) is 1. The Morgan fingerprint density at radius 2 is 1.84 bits per heavy atom. The Hall–Kier alpha value is -2.90. The third kappa shape index (κ3) is 4.79. The maximum Gasteiger partial charge on any atom is 0.327 e. The molecule has 0 aromatic heterocycles. The van der Waals surface area contributed by atoms with Crippen molar-refractivity contribution in [1.82, 2.24) is 9.80 Å². The first-order chi connectivity index (χ1) is 11.8. The van der Waals surface area contributed by atoms with Crippen molar-refractivity contribution in [3.05, 3.63) is 29.8 Å². The van der Waals surface area contributed by atoms with Crippen molar-refractivity contribution in [2.24, 2.45) is 0 Å². The minimum Gasteiger partial charge on any atom is -0.454 e. The average molecular weight is 347 g/mol. The standard InChI is InChI=1S/C17H21N3O5/c1-11(2)12-4-6-13(7-5-12)18-14(21)10-25-16(23)9-20-15(22)8-19(3)17(20)24/h4-7,11H,8-10H2,1-3H3,(H,18,21). The molecular weight excluding hydrogens is 326 g/mol. The molecule has 0 unspecified atom stereocenters. The lowest BCUT2D eigenvalue weighted by Crippen LogP contribution is -2.37. The summed E-state index contributed by atoms with van der Waals surface area (Å²) < 4.78 is 4.82. The fraction of sp³-hybridized carbons (Fsp3) is 0.412. The number of hydrogen-bond donors (Lipinski definition) is 1. The van der Waals surface area contributed by atoms with E-state index in [1.54, 1.807) is 12.1 Å². The Morgan fingerprint density at radius 3 is 2.36 bits per heavy atom. The van der Waals surface area contributed by atoms with Crippen molar-refractivity contribution >= 4 is 29.5 Å². The number of esters is 1. The van der Waals surface area contributed by atoms with Crippen molar-refractivity contribution in [3.8, 4) is 0 Å². The van der Waals surface area contributed by atoms with Crippen LogP contribution in [0.2, 0.25) is 0 Å². The summed E-state index contributed by atoms with van der Waals surface area (Å²) in [6, 6.07) is 6.80. The normalized spacial score (nSPS) is 14.2. The summed E-state index contributed by atoms with van der Waals surface area (Å²) in [5, 5.41) is 2.61. The highest BCUT2D eigenvalue weighted by Gasteiger charge is 2.35. The molecule has 1 fully saturated rings. The molecule has 0 aliphatic carbocycles. The van der Waals surface area contributed by atoms with E-state index in [9.17, 15) is 19.2 Å². The number of nitrogens with zero attached hydrogens (tertiary/aromatic N) is 2. The summed E-state index contributed by atoms with van der Waals surface area (Å²) in [5.41, 5.74) is 1.74. The number of anilines is 1. The van der Waals surface area contributed by atoms with Gasteiger partial charge in [-0.15, -0.1) is 0 Å². The molecule has 4 amide bonds. The second kappa shape index (κ2) is 7.78. The number of hydrogen-bond acceptors (Lipinski definition) is 5. The molecule has 1 aromatic carbocycles. The van der Waals surface area contributed by atoms with Crippen LogP contribution in [0.5, 0.6) is 0 Å². The van der Waals surface area contributed by atoms with Gasteiger partial charge in [0.1, 0.15) is 13.1 Å². The van der Waals surface area contributed by atoms with Crippen LogP contribution in [0.1, 0.15) is 25.3 Å². The molecular formula is C17H21N3O5. The predicted octanol–water partition coefficient (Wildman–Crippen LogP) is 1.19. The summed E-state index contributed by atoms with van der Waals surface area (Å²) in [5.74, 6) is -1.40. The molecule has 1 saturated heterocycles. The summed E-state index contributed by atoms with van der Waals surface area (Å²) in [7, 11) is 1.46. The highest BCUT2D eigenvalue weighted by molar-refractivity contribution is 6.04. The lowest BCUT2D eigenvalue weighted by Gasteiger charge is -2.13. The Bertz CT molecular complexity index is 684. The van der Waals surface area contributed by atoms with Crippen LogP contribution in [0.4, 0.5) is 10.5 Å². The molecule has 2 rings (SSSR count). The SMILES string of the molecule is CC(C)c1ccc(NC(=O)COC(=O)CN2C(=O)CN(C)C2=O)cc1. The molecule has 0 spiro atoms. The summed E-state index contributed by atoms with van der Waals surface area (Å²) in [6.07, 6.45) is 0. The summed E-state index contributed by atoms with van der Waals surface area (Å²) >= 11 is 0. The van der Waals surface area contributed by atoms with E-state index < -0.39 is 37.0 Å². The number of carbonyl (C=O) groups is 4. The number of urea groups is 1. The van der Waals surface area contributed by atoms with Gasteiger partial charge in [0.15, 0.2) is 6.61 Å². The maximum absolute atomic E-state index is 11.8. The first-order valence-electron chi connectivity index (χ1n) is 7.89. The van der Waals surface area contributed by atoms with Gasteiger partial charge < -0.3 is 15.0 Å². The van der Waals surface area contributed by atoms with E-state index in [1.165, 1.54) is 11.9 Å². The zero-order chi connectivity index (χ0) is 18.6. The van der Waals surface area contributed by atoms with Crippen molar-refractivity contribution < 1.29 is 23.9 Å². The highest BCUT2D eigenvalue weighted by atomic mass is 16.5. The van der Waals surface area contributed by atoms with Crippen LogP contribution in [-0.4, -0.2) is 60.4 Å². The monoisotopic (exact) mass is 347 g/mol. The quantitative estimate of drug-likeness (QED) is 0.616. The molecule has 8 heteroatoms. The van der Waals surface area contributed by atoms with Gasteiger partial charge in [0.05, 0.1) is 0 Å². The van der Waals surface area contributed by atoms with Crippen molar-refractivity contribution in [1.29, 1.82) is 0 Å². The van der Waals surface area contributed by atoms with E-state index in [2.05, 4.69) is 19.2 Å². The minimum absolute atomic E-state index is 0.0705. The van der Waals surface area contributed by atoms with Crippen LogP contribution < -0.4 is 5.32 Å². The lowest BCUT2D eigenvalue weighted by atomic mass is 10.0. The first kappa shape index (κ1) is 18.4. The Balaban J connectivity index is 1.78. The van der Waals surface area contributed by atoms with E-state index >= 15 is 0 Å². The van der Waals surface area contributed by atoms with Gasteiger partial charge in [0, 0.05) is 12.7 Å². The van der Waals surface area contributed by atoms with Gasteiger partial charge in [-0.25, -0.2) is 4.79 Å². The summed E-state index contributed by atoms with van der Waals surface area (Å²) in [4.78, 5) is 48.7. The molecule has 1 aromatic rings. The molecule has 1 N–H and O–H groups in total. The number of benzene rings is 1. The molecule has 0 bridgehead atoms. The molecule has 8 nitrogen and oxygen atoms in total. The van der Waals surface area contributed by atoms with E-state index in [-0.39, 0.29) is 6.54 Å². The zero-order valence-corrected chi connectivity index (χ0v) is 14.4. The Morgan fingerprint density at radius 1 is 1.20 bits per heavy atom. The Kier molecular flexibility index (Phi) is 5.74. The second-order valence-corrected chi connectivity index (χ2v) is 6.10. The minimum atomic E-state index is -0.817. The largest absolute Gasteiger partial charge is 0.454 e. The van der Waals surface area contributed by atoms with E-state index in [1.807, 2.05) is 12.1 Å². The topological polar surface area (TPSA) is 96.0 Å². The molecule has 134 valence electrons. The van der Waals surface area contributed by atoms with Gasteiger partial charge in [-0.3, -0.25) is 19.3 Å². The smallest absolute Gasteiger partial charge is 0.327 e. The molecule has 0 radical (unpaired) electrons. The number of ether oxygens (including phenoxy) is 1. The second-order valence-electron chi connectivity index (χ2n) is 6.10. The zero-order valence-electron chi connectivity index (χ0n) is 14.4. The molecule has 0 atom stereocenters. The van der Waals surface area contributed by atoms with Gasteiger partial charge in [0.25, 0.3) is 11.8 Å². The fourth-order valence-corrected chi connectivity index (χ4v) is 2.29. The van der Waals surface area contributed by atoms with Crippen molar-refractivity contribution in [2.45, 2.75) is 19.8 Å². The number of nitrogens with one attached hydrogen (secondary N) is 1. The van der Waals surface area contributed by atoms with Crippen LogP contribution >= 0.6 is 0 Å². The summed E-state index contributed by atoms with van der Waals surface area (Å²) in [6.45, 7) is 3.08. The number of imide groups is 1. The third-order valence-electron chi connectivity index (χ3n) is 3.74. The van der Waals surface area contributed by atoms with Crippen LogP contribution in [0.15, 0.2) is 24.3 Å². The molecule has 1 aliphatic rings. The van der Waals surface area contributed by atoms with Crippen molar-refractivity contribution in [2.75, 3.05) is 32.1 Å². The maximum atomic E-state index is 11.8. The molecule has 1 heterocycles. The van der Waals surface area contributed by atoms with Crippen molar-refractivity contribution in [3.63, 3.8) is 0 Å². The van der Waals surface area contributed by atoms with Gasteiger partial charge in [-0.05, 0) is 23.6 Å². The molecule has 25 heavy (non-hydrogen) atoms. The first-order valence-corrected chi connectivity index (χ1v) is 7.89. The van der Waals surface area contributed by atoms with Gasteiger partial charge >= 0.3 is 12.0 Å². The average Bonchev–Trinajstić information content (AvgIpc) is 2.80. The van der Waals surface area contributed by atoms with E-state index in [0.717, 1.165) is 10.5 Å². The fourth-order valence-electron chi connectivity index (χ4n) is 2.29. The van der Waals surface area contributed by atoms with Crippen LogP contribution in [-0.2, 0) is 19.1 Å². The van der Waals surface area contributed by atoms with Gasteiger partial charge in [0.2, 0.25) is 0 Å². The third-order valence-corrected chi connectivity index (χ3v) is 3.74. The molecule has 0 saturated carbocycles. The number of amides is 4. The number of rotatable bonds is 6. The highest BCUT2D eigenvalue weighted by Crippen LogP contribution is 2.17. The van der Waals surface area contributed by atoms with Gasteiger partial charge in [-0.1, -0.05) is 26.0 Å². The van der Waals surface area contributed by atoms with Gasteiger partial charge in [-0.2, -0.15) is 0 Å². The van der Waals surface area contributed by atoms with E-state index in [0.29, 0.717) is 11.6 Å². The lowest BCUT2D eigenvalue weighted by molar-refractivity contribution is -0.149. The Labute approximate surface area is 145 Å². The van der Waals surface area contributed by atoms with Crippen LogP contribution in [0.25, 0.3) is 0 Å². The predicted molar refractivity (Wildman–Crippen MR) is 89.9 cm³/mol. The molecule has 1 aliphatic heterocycles. The van der Waals surface area contributed by atoms with Crippen LogP contribution in [0, 0.1) is 0 Å². The number of carbonyl (C=O) groups excluding carboxylic acids is 4. The van der Waals surface area contributed by atoms with Crippen LogP contribution in [0.3, 0.4) is 0 Å². The van der Waals surface area contributed by atoms with E-state index in [4.69, 9.17) is 4.74 Å².